The van der Waals surface area contributed by atoms with E-state index in [0.29, 0.717) is 11.8 Å². The van der Waals surface area contributed by atoms with Gasteiger partial charge in [-0.3, -0.25) is 0 Å². The van der Waals surface area contributed by atoms with Crippen molar-refractivity contribution >= 4 is 0 Å². The Bertz CT molecular complexity index is 152. The number of rotatable bonds is 3. The average Bonchev–Trinajstić information content (AvgIpc) is 2.71. The number of fused-ring (bicyclic) bond motifs is 1. The highest BCUT2D eigenvalue weighted by atomic mass is 16.3. The zero-order chi connectivity index (χ0) is 8.60. The number of hydrogen-bond acceptors (Lipinski definition) is 1. The van der Waals surface area contributed by atoms with E-state index in [-0.39, 0.29) is 5.60 Å². The maximum Gasteiger partial charge on any atom is 0.0711 e. The first-order chi connectivity index (χ1) is 5.79. The highest BCUT2D eigenvalue weighted by Crippen LogP contribution is 2.60. The van der Waals surface area contributed by atoms with Crippen LogP contribution < -0.4 is 0 Å². The quantitative estimate of drug-likeness (QED) is 0.687. The van der Waals surface area contributed by atoms with Gasteiger partial charge in [0.15, 0.2) is 0 Å². The minimum atomic E-state index is -0.202. The Morgan fingerprint density at radius 3 is 2.33 bits per heavy atom. The molecule has 0 amide bonds. The van der Waals surface area contributed by atoms with Crippen molar-refractivity contribution in [3.8, 4) is 0 Å². The van der Waals surface area contributed by atoms with Gasteiger partial charge in [0.2, 0.25) is 0 Å². The summed E-state index contributed by atoms with van der Waals surface area (Å²) in [6.45, 7) is 2.20. The summed E-state index contributed by atoms with van der Waals surface area (Å²) in [6.07, 6.45) is 8.81. The average molecular weight is 168 g/mol. The molecule has 0 bridgehead atoms. The molecule has 0 spiro atoms. The maximum atomic E-state index is 10.2. The van der Waals surface area contributed by atoms with Crippen molar-refractivity contribution in [2.24, 2.45) is 11.8 Å². The standard InChI is InChI=1S/C11H20O/c1-2-3-8-11(12)9-6-4-5-7-10(9)11/h9-10,12H,2-8H2,1H3/t9-,10+,11?. The Hall–Kier alpha value is -0.0400. The van der Waals surface area contributed by atoms with Crippen LogP contribution in [0, 0.1) is 11.8 Å². The third-order valence-electron chi connectivity index (χ3n) is 3.87. The van der Waals surface area contributed by atoms with Crippen LogP contribution in [-0.4, -0.2) is 10.7 Å². The molecule has 0 saturated heterocycles. The van der Waals surface area contributed by atoms with Gasteiger partial charge in [-0.25, -0.2) is 0 Å². The minimum absolute atomic E-state index is 0.202. The van der Waals surface area contributed by atoms with E-state index in [2.05, 4.69) is 6.92 Å². The summed E-state index contributed by atoms with van der Waals surface area (Å²) in [5.74, 6) is 1.38. The molecule has 0 aromatic heterocycles. The van der Waals surface area contributed by atoms with E-state index in [1.165, 1.54) is 38.5 Å². The van der Waals surface area contributed by atoms with E-state index >= 15 is 0 Å². The molecule has 2 saturated carbocycles. The van der Waals surface area contributed by atoms with E-state index in [4.69, 9.17) is 0 Å². The van der Waals surface area contributed by atoms with Gasteiger partial charge in [0.1, 0.15) is 0 Å². The monoisotopic (exact) mass is 168 g/mol. The van der Waals surface area contributed by atoms with Crippen molar-refractivity contribution in [1.82, 2.24) is 0 Å². The lowest BCUT2D eigenvalue weighted by Gasteiger charge is -2.08. The summed E-state index contributed by atoms with van der Waals surface area (Å²) in [6, 6.07) is 0. The topological polar surface area (TPSA) is 20.2 Å². The van der Waals surface area contributed by atoms with Gasteiger partial charge >= 0.3 is 0 Å². The van der Waals surface area contributed by atoms with Crippen LogP contribution in [0.25, 0.3) is 0 Å². The van der Waals surface area contributed by atoms with Gasteiger partial charge in [-0.1, -0.05) is 32.6 Å². The molecule has 70 valence electrons. The van der Waals surface area contributed by atoms with Crippen LogP contribution in [0.3, 0.4) is 0 Å². The highest BCUT2D eigenvalue weighted by Gasteiger charge is 2.62. The van der Waals surface area contributed by atoms with Gasteiger partial charge < -0.3 is 5.11 Å². The fourth-order valence-corrected chi connectivity index (χ4v) is 3.05. The Balaban J connectivity index is 1.87. The zero-order valence-electron chi connectivity index (χ0n) is 8.05. The maximum absolute atomic E-state index is 10.2. The summed E-state index contributed by atoms with van der Waals surface area (Å²) < 4.78 is 0. The summed E-state index contributed by atoms with van der Waals surface area (Å²) >= 11 is 0. The predicted molar refractivity (Wildman–Crippen MR) is 49.9 cm³/mol. The molecule has 2 rings (SSSR count). The molecule has 2 fully saturated rings. The van der Waals surface area contributed by atoms with Gasteiger partial charge in [-0.15, -0.1) is 0 Å². The molecule has 0 heterocycles. The van der Waals surface area contributed by atoms with Crippen molar-refractivity contribution in [3.63, 3.8) is 0 Å². The van der Waals surface area contributed by atoms with Gasteiger partial charge in [-0.2, -0.15) is 0 Å². The van der Waals surface area contributed by atoms with E-state index in [1.54, 1.807) is 0 Å². The summed E-state index contributed by atoms with van der Waals surface area (Å²) in [5.41, 5.74) is -0.202. The Kier molecular flexibility index (Phi) is 2.16. The Morgan fingerprint density at radius 2 is 1.83 bits per heavy atom. The molecule has 3 atom stereocenters. The first-order valence-corrected chi connectivity index (χ1v) is 5.51. The normalized spacial score (nSPS) is 45.5. The van der Waals surface area contributed by atoms with Crippen molar-refractivity contribution in [1.29, 1.82) is 0 Å². The minimum Gasteiger partial charge on any atom is -0.389 e. The predicted octanol–water partition coefficient (Wildman–Crippen LogP) is 2.73. The van der Waals surface area contributed by atoms with Crippen molar-refractivity contribution in [3.05, 3.63) is 0 Å². The molecule has 1 nitrogen and oxygen atoms in total. The highest BCUT2D eigenvalue weighted by molar-refractivity contribution is 5.12. The van der Waals surface area contributed by atoms with E-state index in [0.717, 1.165) is 6.42 Å². The molecular formula is C11H20O. The molecular weight excluding hydrogens is 148 g/mol. The molecule has 0 aromatic carbocycles. The van der Waals surface area contributed by atoms with Crippen molar-refractivity contribution < 1.29 is 5.11 Å². The van der Waals surface area contributed by atoms with Crippen LogP contribution in [-0.2, 0) is 0 Å². The molecule has 1 heteroatoms. The molecule has 0 radical (unpaired) electrons. The Morgan fingerprint density at radius 1 is 1.25 bits per heavy atom. The summed E-state index contributed by atoms with van der Waals surface area (Å²) in [7, 11) is 0. The second-order valence-corrected chi connectivity index (χ2v) is 4.59. The first-order valence-electron chi connectivity index (χ1n) is 5.51. The van der Waals surface area contributed by atoms with E-state index in [9.17, 15) is 5.11 Å². The van der Waals surface area contributed by atoms with Crippen molar-refractivity contribution in [2.45, 2.75) is 57.5 Å². The molecule has 0 aromatic rings. The number of unbranched alkanes of at least 4 members (excludes halogenated alkanes) is 1. The van der Waals surface area contributed by atoms with Crippen LogP contribution in [0.1, 0.15) is 51.9 Å². The van der Waals surface area contributed by atoms with Gasteiger partial charge in [0.25, 0.3) is 0 Å². The lowest BCUT2D eigenvalue weighted by molar-refractivity contribution is 0.106. The molecule has 1 N–H and O–H groups in total. The second-order valence-electron chi connectivity index (χ2n) is 4.59. The zero-order valence-corrected chi connectivity index (χ0v) is 8.05. The summed E-state index contributed by atoms with van der Waals surface area (Å²) in [4.78, 5) is 0. The fourth-order valence-electron chi connectivity index (χ4n) is 3.05. The summed E-state index contributed by atoms with van der Waals surface area (Å²) in [5, 5.41) is 10.2. The lowest BCUT2D eigenvalue weighted by Crippen LogP contribution is -2.12. The molecule has 12 heavy (non-hydrogen) atoms. The molecule has 2 aliphatic rings. The molecule has 0 aliphatic heterocycles. The van der Waals surface area contributed by atoms with Crippen LogP contribution >= 0.6 is 0 Å². The number of aliphatic hydroxyl groups is 1. The fraction of sp³-hybridized carbons (Fsp3) is 1.00. The van der Waals surface area contributed by atoms with Crippen LogP contribution in [0.2, 0.25) is 0 Å². The largest absolute Gasteiger partial charge is 0.389 e. The van der Waals surface area contributed by atoms with Crippen molar-refractivity contribution in [2.75, 3.05) is 0 Å². The smallest absolute Gasteiger partial charge is 0.0711 e. The number of hydrogen-bond donors (Lipinski definition) is 1. The van der Waals surface area contributed by atoms with E-state index in [1.807, 2.05) is 0 Å². The lowest BCUT2D eigenvalue weighted by atomic mass is 10.0. The van der Waals surface area contributed by atoms with Gasteiger partial charge in [0.05, 0.1) is 5.60 Å². The third-order valence-corrected chi connectivity index (χ3v) is 3.87. The molecule has 2 aliphatic carbocycles. The third kappa shape index (κ3) is 1.19. The van der Waals surface area contributed by atoms with Gasteiger partial charge in [0, 0.05) is 0 Å². The van der Waals surface area contributed by atoms with Crippen LogP contribution in [0.4, 0.5) is 0 Å². The van der Waals surface area contributed by atoms with Crippen LogP contribution in [0.15, 0.2) is 0 Å². The SMILES string of the molecule is CCCCC1(O)[C@@H]2CCCC[C@@H]21. The molecule has 1 unspecified atom stereocenters. The Labute approximate surface area is 75.2 Å². The first kappa shape index (κ1) is 8.55. The van der Waals surface area contributed by atoms with Crippen LogP contribution in [0.5, 0.6) is 0 Å². The van der Waals surface area contributed by atoms with E-state index < -0.39 is 0 Å². The van der Waals surface area contributed by atoms with Gasteiger partial charge in [-0.05, 0) is 31.1 Å². The second kappa shape index (κ2) is 3.02.